The predicted octanol–water partition coefficient (Wildman–Crippen LogP) is 2.14. The van der Waals surface area contributed by atoms with Crippen LogP contribution in [0, 0.1) is 6.92 Å². The minimum absolute atomic E-state index is 0.0898. The van der Waals surface area contributed by atoms with E-state index in [-0.39, 0.29) is 37.2 Å². The molecule has 0 spiro atoms. The van der Waals surface area contributed by atoms with Crippen molar-refractivity contribution in [2.45, 2.75) is 38.9 Å². The molecule has 32 heavy (non-hydrogen) atoms. The summed E-state index contributed by atoms with van der Waals surface area (Å²) in [5.74, 6) is -1.18. The Morgan fingerprint density at radius 2 is 2.00 bits per heavy atom. The largest absolute Gasteiger partial charge is 0.376 e. The number of hydrogen-bond acceptors (Lipinski definition) is 5. The summed E-state index contributed by atoms with van der Waals surface area (Å²) in [7, 11) is 0. The first kappa shape index (κ1) is 21.8. The summed E-state index contributed by atoms with van der Waals surface area (Å²) < 4.78 is 0. The lowest BCUT2D eigenvalue weighted by Gasteiger charge is -2.29. The second kappa shape index (κ2) is 9.00. The highest BCUT2D eigenvalue weighted by atomic mass is 35.5. The molecule has 0 aliphatic carbocycles. The number of nitrogens with zero attached hydrogens (tertiary/aromatic N) is 1. The molecule has 9 heteroatoms. The molecule has 166 valence electrons. The van der Waals surface area contributed by atoms with E-state index >= 15 is 0 Å². The van der Waals surface area contributed by atoms with E-state index in [2.05, 4.69) is 16.0 Å². The van der Waals surface area contributed by atoms with Gasteiger partial charge >= 0.3 is 0 Å². The third-order valence-electron chi connectivity index (χ3n) is 5.71. The molecule has 1 atom stereocenters. The first-order valence-corrected chi connectivity index (χ1v) is 10.7. The summed E-state index contributed by atoms with van der Waals surface area (Å²) in [5.41, 5.74) is 3.85. The lowest BCUT2D eigenvalue weighted by molar-refractivity contribution is -0.137. The summed E-state index contributed by atoms with van der Waals surface area (Å²) in [6, 6.07) is 10.3. The SMILES string of the molecule is Cc1ccc(NCC(=O)NCc2ccc3c(c2)C(=O)N(C2CCC(=O)NC2=O)C3)cc1Cl. The number of rotatable bonds is 6. The van der Waals surface area contributed by atoms with Crippen LogP contribution in [0.1, 0.15) is 39.9 Å². The predicted molar refractivity (Wildman–Crippen MR) is 119 cm³/mol. The van der Waals surface area contributed by atoms with Crippen LogP contribution in [0.15, 0.2) is 36.4 Å². The number of piperidine rings is 1. The zero-order valence-electron chi connectivity index (χ0n) is 17.5. The summed E-state index contributed by atoms with van der Waals surface area (Å²) in [6.45, 7) is 2.60. The molecule has 3 N–H and O–H groups in total. The number of anilines is 1. The van der Waals surface area contributed by atoms with Gasteiger partial charge in [0, 0.05) is 35.8 Å². The minimum atomic E-state index is -0.642. The van der Waals surface area contributed by atoms with Crippen molar-refractivity contribution in [1.82, 2.24) is 15.5 Å². The van der Waals surface area contributed by atoms with Crippen LogP contribution in [-0.2, 0) is 27.5 Å². The number of halogens is 1. The van der Waals surface area contributed by atoms with Gasteiger partial charge < -0.3 is 15.5 Å². The number of carbonyl (C=O) groups excluding carboxylic acids is 4. The van der Waals surface area contributed by atoms with Gasteiger partial charge in [-0.25, -0.2) is 0 Å². The van der Waals surface area contributed by atoms with Crippen LogP contribution in [0.3, 0.4) is 0 Å². The molecule has 2 aromatic rings. The van der Waals surface area contributed by atoms with E-state index in [0.717, 1.165) is 22.4 Å². The molecule has 2 aliphatic rings. The molecule has 2 heterocycles. The molecular formula is C23H23ClN4O4. The second-order valence-electron chi connectivity index (χ2n) is 7.99. The third kappa shape index (κ3) is 4.60. The van der Waals surface area contributed by atoms with Gasteiger partial charge in [0.25, 0.3) is 5.91 Å². The highest BCUT2D eigenvalue weighted by Gasteiger charge is 2.39. The van der Waals surface area contributed by atoms with E-state index in [9.17, 15) is 19.2 Å². The fraction of sp³-hybridized carbons (Fsp3) is 0.304. The van der Waals surface area contributed by atoms with E-state index in [1.165, 1.54) is 4.90 Å². The second-order valence-corrected chi connectivity index (χ2v) is 8.39. The van der Waals surface area contributed by atoms with Crippen molar-refractivity contribution in [2.75, 3.05) is 11.9 Å². The number of fused-ring (bicyclic) bond motifs is 1. The van der Waals surface area contributed by atoms with Crippen LogP contribution in [0.2, 0.25) is 5.02 Å². The Morgan fingerprint density at radius 1 is 1.19 bits per heavy atom. The molecule has 0 aromatic heterocycles. The number of carbonyl (C=O) groups is 4. The smallest absolute Gasteiger partial charge is 0.255 e. The van der Waals surface area contributed by atoms with Crippen molar-refractivity contribution in [3.63, 3.8) is 0 Å². The summed E-state index contributed by atoms with van der Waals surface area (Å²) in [6.07, 6.45) is 0.545. The molecule has 2 aliphatic heterocycles. The van der Waals surface area contributed by atoms with Crippen LogP contribution in [0.4, 0.5) is 5.69 Å². The Morgan fingerprint density at radius 3 is 2.75 bits per heavy atom. The van der Waals surface area contributed by atoms with Gasteiger partial charge in [-0.15, -0.1) is 0 Å². The van der Waals surface area contributed by atoms with Crippen LogP contribution in [-0.4, -0.2) is 41.1 Å². The average Bonchev–Trinajstić information content (AvgIpc) is 3.09. The molecule has 8 nitrogen and oxygen atoms in total. The monoisotopic (exact) mass is 454 g/mol. The summed E-state index contributed by atoms with van der Waals surface area (Å²) >= 11 is 6.09. The number of benzene rings is 2. The molecule has 2 aromatic carbocycles. The topological polar surface area (TPSA) is 108 Å². The molecule has 4 amide bonds. The molecule has 0 bridgehead atoms. The number of amides is 4. The summed E-state index contributed by atoms with van der Waals surface area (Å²) in [4.78, 5) is 50.1. The van der Waals surface area contributed by atoms with Crippen molar-refractivity contribution in [1.29, 1.82) is 0 Å². The van der Waals surface area contributed by atoms with Gasteiger partial charge in [0.15, 0.2) is 0 Å². The molecule has 0 saturated carbocycles. The number of nitrogens with one attached hydrogen (secondary N) is 3. The van der Waals surface area contributed by atoms with Crippen molar-refractivity contribution < 1.29 is 19.2 Å². The van der Waals surface area contributed by atoms with E-state index in [0.29, 0.717) is 23.6 Å². The van der Waals surface area contributed by atoms with Gasteiger partial charge in [-0.2, -0.15) is 0 Å². The normalized spacial score (nSPS) is 17.8. The fourth-order valence-corrected chi connectivity index (χ4v) is 4.04. The molecule has 0 radical (unpaired) electrons. The lowest BCUT2D eigenvalue weighted by Crippen LogP contribution is -2.52. The van der Waals surface area contributed by atoms with E-state index in [4.69, 9.17) is 11.6 Å². The Labute approximate surface area is 190 Å². The van der Waals surface area contributed by atoms with E-state index in [1.54, 1.807) is 12.1 Å². The standard InChI is InChI=1S/C23H23ClN4O4/c1-13-2-5-16(9-18(13)24)25-11-21(30)26-10-14-3-4-15-12-28(23(32)17(15)8-14)19-6-7-20(29)27-22(19)31/h2-5,8-9,19,25H,6-7,10-12H2,1H3,(H,26,30)(H,27,29,31). The van der Waals surface area contributed by atoms with Crippen molar-refractivity contribution in [3.05, 3.63) is 63.7 Å². The maximum atomic E-state index is 12.9. The Hall–Kier alpha value is -3.39. The van der Waals surface area contributed by atoms with E-state index < -0.39 is 11.9 Å². The number of hydrogen-bond donors (Lipinski definition) is 3. The number of imide groups is 1. The molecule has 1 unspecified atom stereocenters. The quantitative estimate of drug-likeness (QED) is 0.579. The molecule has 1 fully saturated rings. The van der Waals surface area contributed by atoms with Crippen LogP contribution >= 0.6 is 11.6 Å². The van der Waals surface area contributed by atoms with Gasteiger partial charge in [0.2, 0.25) is 17.7 Å². The molecular weight excluding hydrogens is 432 g/mol. The fourth-order valence-electron chi connectivity index (χ4n) is 3.86. The zero-order chi connectivity index (χ0) is 22.8. The molecule has 1 saturated heterocycles. The molecule has 4 rings (SSSR count). The minimum Gasteiger partial charge on any atom is -0.376 e. The van der Waals surface area contributed by atoms with Crippen LogP contribution in [0.25, 0.3) is 0 Å². The van der Waals surface area contributed by atoms with E-state index in [1.807, 2.05) is 31.2 Å². The van der Waals surface area contributed by atoms with Gasteiger partial charge in [-0.1, -0.05) is 29.8 Å². The Balaban J connectivity index is 1.33. The van der Waals surface area contributed by atoms with Gasteiger partial charge in [0.1, 0.15) is 6.04 Å². The maximum Gasteiger partial charge on any atom is 0.255 e. The van der Waals surface area contributed by atoms with Crippen molar-refractivity contribution in [2.24, 2.45) is 0 Å². The first-order chi connectivity index (χ1) is 15.3. The highest BCUT2D eigenvalue weighted by molar-refractivity contribution is 6.31. The van der Waals surface area contributed by atoms with Gasteiger partial charge in [0.05, 0.1) is 6.54 Å². The van der Waals surface area contributed by atoms with Crippen LogP contribution < -0.4 is 16.0 Å². The van der Waals surface area contributed by atoms with Gasteiger partial charge in [-0.3, -0.25) is 24.5 Å². The maximum absolute atomic E-state index is 12.9. The van der Waals surface area contributed by atoms with Crippen LogP contribution in [0.5, 0.6) is 0 Å². The number of aryl methyl sites for hydroxylation is 1. The lowest BCUT2D eigenvalue weighted by atomic mass is 10.0. The van der Waals surface area contributed by atoms with Crippen molar-refractivity contribution >= 4 is 40.9 Å². The Bertz CT molecular complexity index is 1120. The first-order valence-electron chi connectivity index (χ1n) is 10.3. The Kier molecular flexibility index (Phi) is 6.14. The highest BCUT2D eigenvalue weighted by Crippen LogP contribution is 2.28. The van der Waals surface area contributed by atoms with Crippen molar-refractivity contribution in [3.8, 4) is 0 Å². The average molecular weight is 455 g/mol. The zero-order valence-corrected chi connectivity index (χ0v) is 18.3. The summed E-state index contributed by atoms with van der Waals surface area (Å²) in [5, 5.41) is 8.78. The van der Waals surface area contributed by atoms with Gasteiger partial charge in [-0.05, 0) is 48.2 Å². The third-order valence-corrected chi connectivity index (χ3v) is 6.11.